The van der Waals surface area contributed by atoms with Crippen LogP contribution in [0.2, 0.25) is 0 Å². The van der Waals surface area contributed by atoms with Gasteiger partial charge in [-0.1, -0.05) is 17.7 Å². The molecule has 5 nitrogen and oxygen atoms in total. The monoisotopic (exact) mass is 342 g/mol. The molecule has 0 aliphatic heterocycles. The van der Waals surface area contributed by atoms with Crippen LogP contribution in [0.5, 0.6) is 5.75 Å². The Morgan fingerprint density at radius 2 is 1.83 bits per heavy atom. The summed E-state index contributed by atoms with van der Waals surface area (Å²) >= 11 is 0. The quantitative estimate of drug-likeness (QED) is 0.785. The van der Waals surface area contributed by atoms with Gasteiger partial charge < -0.3 is 4.74 Å². The number of methoxy groups -OCH3 is 1. The van der Waals surface area contributed by atoms with Crippen molar-refractivity contribution < 1.29 is 13.2 Å². The zero-order valence-electron chi connectivity index (χ0n) is 13.7. The zero-order valence-corrected chi connectivity index (χ0v) is 14.5. The fourth-order valence-corrected chi connectivity index (χ4v) is 3.86. The molecule has 0 amide bonds. The minimum atomic E-state index is -3.66. The lowest BCUT2D eigenvalue weighted by atomic mass is 10.2. The second-order valence-electron chi connectivity index (χ2n) is 5.66. The maximum Gasteiger partial charge on any atom is 0.262 e. The lowest BCUT2D eigenvalue weighted by Crippen LogP contribution is -2.14. The average Bonchev–Trinajstić information content (AvgIpc) is 2.53. The SMILES string of the molecule is COc1ccc2cc(NS(=O)(=O)c3ccc(C)cc3C)cnc2c1. The third-order valence-electron chi connectivity index (χ3n) is 3.76. The molecule has 0 saturated carbocycles. The normalized spacial score (nSPS) is 11.5. The first-order chi connectivity index (χ1) is 11.4. The van der Waals surface area contributed by atoms with Crippen molar-refractivity contribution in [3.8, 4) is 5.75 Å². The van der Waals surface area contributed by atoms with Crippen LogP contribution < -0.4 is 9.46 Å². The first-order valence-corrected chi connectivity index (χ1v) is 8.91. The fraction of sp³-hybridized carbons (Fsp3) is 0.167. The van der Waals surface area contributed by atoms with E-state index in [1.807, 2.05) is 25.1 Å². The molecule has 0 aliphatic rings. The van der Waals surface area contributed by atoms with E-state index in [2.05, 4.69) is 9.71 Å². The van der Waals surface area contributed by atoms with Crippen molar-refractivity contribution in [2.45, 2.75) is 18.7 Å². The van der Waals surface area contributed by atoms with E-state index in [1.165, 1.54) is 6.20 Å². The van der Waals surface area contributed by atoms with Gasteiger partial charge in [-0.15, -0.1) is 0 Å². The van der Waals surface area contributed by atoms with Crippen LogP contribution in [0.3, 0.4) is 0 Å². The molecule has 0 aliphatic carbocycles. The first kappa shape index (κ1) is 16.3. The number of rotatable bonds is 4. The molecule has 0 saturated heterocycles. The summed E-state index contributed by atoms with van der Waals surface area (Å²) < 4.78 is 33.0. The molecular weight excluding hydrogens is 324 g/mol. The van der Waals surface area contributed by atoms with E-state index in [4.69, 9.17) is 4.74 Å². The van der Waals surface area contributed by atoms with E-state index in [-0.39, 0.29) is 4.90 Å². The Morgan fingerprint density at radius 1 is 1.04 bits per heavy atom. The third kappa shape index (κ3) is 3.19. The summed E-state index contributed by atoms with van der Waals surface area (Å²) in [6.45, 7) is 3.71. The van der Waals surface area contributed by atoms with Crippen LogP contribution in [-0.2, 0) is 10.0 Å². The number of nitrogens with one attached hydrogen (secondary N) is 1. The van der Waals surface area contributed by atoms with Crippen LogP contribution in [0.4, 0.5) is 5.69 Å². The van der Waals surface area contributed by atoms with Crippen LogP contribution in [0.15, 0.2) is 53.6 Å². The second kappa shape index (κ2) is 6.13. The van der Waals surface area contributed by atoms with E-state index in [0.717, 1.165) is 16.5 Å². The second-order valence-corrected chi connectivity index (χ2v) is 7.31. The highest BCUT2D eigenvalue weighted by Crippen LogP contribution is 2.24. The molecule has 3 rings (SSSR count). The van der Waals surface area contributed by atoms with Gasteiger partial charge in [0.2, 0.25) is 0 Å². The van der Waals surface area contributed by atoms with Crippen molar-refractivity contribution >= 4 is 26.6 Å². The van der Waals surface area contributed by atoms with E-state index in [9.17, 15) is 8.42 Å². The summed E-state index contributed by atoms with van der Waals surface area (Å²) in [7, 11) is -2.07. The highest BCUT2D eigenvalue weighted by Gasteiger charge is 2.17. The summed E-state index contributed by atoms with van der Waals surface area (Å²) in [4.78, 5) is 4.56. The Morgan fingerprint density at radius 3 is 2.54 bits per heavy atom. The lowest BCUT2D eigenvalue weighted by molar-refractivity contribution is 0.415. The van der Waals surface area contributed by atoms with E-state index in [0.29, 0.717) is 17.0 Å². The Balaban J connectivity index is 1.96. The van der Waals surface area contributed by atoms with Crippen molar-refractivity contribution in [2.75, 3.05) is 11.8 Å². The molecule has 2 aromatic carbocycles. The highest BCUT2D eigenvalue weighted by atomic mass is 32.2. The van der Waals surface area contributed by atoms with E-state index in [1.54, 1.807) is 38.3 Å². The maximum absolute atomic E-state index is 12.6. The summed E-state index contributed by atoms with van der Waals surface area (Å²) in [5.41, 5.74) is 2.89. The Bertz CT molecular complexity index is 1010. The predicted octanol–water partition coefficient (Wildman–Crippen LogP) is 3.66. The Kier molecular flexibility index (Phi) is 4.15. The number of hydrogen-bond acceptors (Lipinski definition) is 4. The van der Waals surface area contributed by atoms with Crippen LogP contribution in [0.1, 0.15) is 11.1 Å². The Hall–Kier alpha value is -2.60. The maximum atomic E-state index is 12.6. The molecule has 1 aromatic heterocycles. The summed E-state index contributed by atoms with van der Waals surface area (Å²) in [6.07, 6.45) is 1.50. The van der Waals surface area contributed by atoms with Gasteiger partial charge in [-0.25, -0.2) is 8.42 Å². The van der Waals surface area contributed by atoms with Gasteiger partial charge in [0.25, 0.3) is 10.0 Å². The number of aromatic nitrogens is 1. The average molecular weight is 342 g/mol. The van der Waals surface area contributed by atoms with Gasteiger partial charge in [-0.3, -0.25) is 9.71 Å². The number of aryl methyl sites for hydroxylation is 2. The van der Waals surface area contributed by atoms with Crippen molar-refractivity contribution in [3.05, 3.63) is 59.8 Å². The minimum absolute atomic E-state index is 0.267. The molecule has 24 heavy (non-hydrogen) atoms. The van der Waals surface area contributed by atoms with Crippen molar-refractivity contribution in [3.63, 3.8) is 0 Å². The summed E-state index contributed by atoms with van der Waals surface area (Å²) in [5, 5.41) is 0.830. The highest BCUT2D eigenvalue weighted by molar-refractivity contribution is 7.92. The Labute approximate surface area is 141 Å². The number of ether oxygens (including phenoxy) is 1. The molecule has 0 fully saturated rings. The molecule has 0 unspecified atom stereocenters. The van der Waals surface area contributed by atoms with Gasteiger partial charge in [-0.2, -0.15) is 0 Å². The fourth-order valence-electron chi connectivity index (χ4n) is 2.59. The molecule has 3 aromatic rings. The number of hydrogen-bond donors (Lipinski definition) is 1. The van der Waals surface area contributed by atoms with Crippen molar-refractivity contribution in [1.82, 2.24) is 4.98 Å². The largest absolute Gasteiger partial charge is 0.497 e. The molecule has 6 heteroatoms. The zero-order chi connectivity index (χ0) is 17.3. The molecule has 0 spiro atoms. The van der Waals surface area contributed by atoms with Gasteiger partial charge in [0.1, 0.15) is 5.75 Å². The summed E-state index contributed by atoms with van der Waals surface area (Å²) in [6, 6.07) is 12.5. The molecule has 0 atom stereocenters. The first-order valence-electron chi connectivity index (χ1n) is 7.43. The van der Waals surface area contributed by atoms with Crippen molar-refractivity contribution in [1.29, 1.82) is 0 Å². The van der Waals surface area contributed by atoms with Crippen LogP contribution in [0, 0.1) is 13.8 Å². The minimum Gasteiger partial charge on any atom is -0.497 e. The molecule has 1 N–H and O–H groups in total. The smallest absolute Gasteiger partial charge is 0.262 e. The topological polar surface area (TPSA) is 68.3 Å². The molecule has 0 radical (unpaired) electrons. The van der Waals surface area contributed by atoms with Crippen LogP contribution >= 0.6 is 0 Å². The van der Waals surface area contributed by atoms with E-state index < -0.39 is 10.0 Å². The van der Waals surface area contributed by atoms with Gasteiger partial charge in [0.05, 0.1) is 29.4 Å². The number of sulfonamides is 1. The third-order valence-corrected chi connectivity index (χ3v) is 5.31. The van der Waals surface area contributed by atoms with Crippen LogP contribution in [0.25, 0.3) is 10.9 Å². The summed E-state index contributed by atoms with van der Waals surface area (Å²) in [5.74, 6) is 0.707. The molecular formula is C18H18N2O3S. The van der Waals surface area contributed by atoms with Gasteiger partial charge in [0, 0.05) is 11.5 Å². The number of anilines is 1. The van der Waals surface area contributed by atoms with Gasteiger partial charge >= 0.3 is 0 Å². The standard InChI is InChI=1S/C18H18N2O3S/c1-12-4-7-18(13(2)8-12)24(21,22)20-15-9-14-5-6-16(23-3)10-17(14)19-11-15/h4-11,20H,1-3H3. The van der Waals surface area contributed by atoms with E-state index >= 15 is 0 Å². The number of fused-ring (bicyclic) bond motifs is 1. The van der Waals surface area contributed by atoms with Gasteiger partial charge in [0.15, 0.2) is 0 Å². The van der Waals surface area contributed by atoms with Crippen molar-refractivity contribution in [2.24, 2.45) is 0 Å². The predicted molar refractivity (Wildman–Crippen MR) is 95.0 cm³/mol. The lowest BCUT2D eigenvalue weighted by Gasteiger charge is -2.11. The number of pyridine rings is 1. The number of benzene rings is 2. The van der Waals surface area contributed by atoms with Gasteiger partial charge in [-0.05, 0) is 43.7 Å². The number of nitrogens with zero attached hydrogens (tertiary/aromatic N) is 1. The molecule has 0 bridgehead atoms. The molecule has 124 valence electrons. The van der Waals surface area contributed by atoms with Crippen LogP contribution in [-0.4, -0.2) is 20.5 Å². The molecule has 1 heterocycles.